The maximum absolute atomic E-state index is 5.82. The molecule has 1 aromatic rings. The second-order valence-corrected chi connectivity index (χ2v) is 5.02. The summed E-state index contributed by atoms with van der Waals surface area (Å²) in [6.07, 6.45) is 4.65. The Balaban J connectivity index is 2.79. The first-order valence-electron chi connectivity index (χ1n) is 6.94. The van der Waals surface area contributed by atoms with Gasteiger partial charge >= 0.3 is 0 Å². The van der Waals surface area contributed by atoms with Gasteiger partial charge in [0.25, 0.3) is 0 Å². The normalized spacial score (nSPS) is 10.9. The Labute approximate surface area is 106 Å². The van der Waals surface area contributed by atoms with Gasteiger partial charge in [0, 0.05) is 0 Å². The van der Waals surface area contributed by atoms with Gasteiger partial charge in [0.1, 0.15) is 5.75 Å². The van der Waals surface area contributed by atoms with Gasteiger partial charge < -0.3 is 4.74 Å². The first-order valence-corrected chi connectivity index (χ1v) is 6.94. The summed E-state index contributed by atoms with van der Waals surface area (Å²) >= 11 is 0. The highest BCUT2D eigenvalue weighted by Crippen LogP contribution is 2.24. The fourth-order valence-electron chi connectivity index (χ4n) is 1.87. The van der Waals surface area contributed by atoms with Crippen molar-refractivity contribution in [3.8, 4) is 5.75 Å². The Morgan fingerprint density at radius 3 is 2.41 bits per heavy atom. The molecule has 0 unspecified atom stereocenters. The Kier molecular flexibility index (Phi) is 6.10. The first-order chi connectivity index (χ1) is 8.17. The number of ether oxygens (including phenoxy) is 1. The number of aryl methyl sites for hydroxylation is 1. The molecule has 0 aliphatic carbocycles. The van der Waals surface area contributed by atoms with Crippen LogP contribution in [0, 0.1) is 0 Å². The van der Waals surface area contributed by atoms with Crippen LogP contribution >= 0.6 is 0 Å². The predicted octanol–water partition coefficient (Wildman–Crippen LogP) is 4.94. The van der Waals surface area contributed by atoms with Crippen molar-refractivity contribution in [2.75, 3.05) is 6.61 Å². The highest BCUT2D eigenvalue weighted by molar-refractivity contribution is 5.36. The third-order valence-corrected chi connectivity index (χ3v) is 2.96. The Morgan fingerprint density at radius 1 is 1.06 bits per heavy atom. The molecule has 0 aliphatic heterocycles. The summed E-state index contributed by atoms with van der Waals surface area (Å²) in [6, 6.07) is 6.71. The SMILES string of the molecule is CCCCOc1cc(CCC)cc(C(C)C)c1. The van der Waals surface area contributed by atoms with Gasteiger partial charge in [-0.15, -0.1) is 0 Å². The third kappa shape index (κ3) is 4.80. The summed E-state index contributed by atoms with van der Waals surface area (Å²) in [5, 5.41) is 0. The zero-order chi connectivity index (χ0) is 12.7. The van der Waals surface area contributed by atoms with Crippen LogP contribution in [-0.4, -0.2) is 6.61 Å². The van der Waals surface area contributed by atoms with Crippen LogP contribution in [0.3, 0.4) is 0 Å². The average Bonchev–Trinajstić information content (AvgIpc) is 2.29. The van der Waals surface area contributed by atoms with E-state index in [1.165, 1.54) is 24.0 Å². The maximum Gasteiger partial charge on any atom is 0.119 e. The zero-order valence-corrected chi connectivity index (χ0v) is 11.8. The van der Waals surface area contributed by atoms with E-state index in [-0.39, 0.29) is 0 Å². The summed E-state index contributed by atoms with van der Waals surface area (Å²) < 4.78 is 5.82. The molecule has 17 heavy (non-hydrogen) atoms. The minimum absolute atomic E-state index is 0.570. The third-order valence-electron chi connectivity index (χ3n) is 2.96. The molecular formula is C16H26O. The zero-order valence-electron chi connectivity index (χ0n) is 11.8. The van der Waals surface area contributed by atoms with Crippen molar-refractivity contribution in [1.82, 2.24) is 0 Å². The van der Waals surface area contributed by atoms with Crippen LogP contribution < -0.4 is 4.74 Å². The van der Waals surface area contributed by atoms with Crippen molar-refractivity contribution in [3.63, 3.8) is 0 Å². The number of hydrogen-bond donors (Lipinski definition) is 0. The van der Waals surface area contributed by atoms with Gasteiger partial charge in [-0.05, 0) is 42.0 Å². The number of rotatable bonds is 7. The molecule has 0 heterocycles. The standard InChI is InChI=1S/C16H26O/c1-5-7-9-17-16-11-14(8-6-2)10-15(12-16)13(3)4/h10-13H,5-9H2,1-4H3. The quantitative estimate of drug-likeness (QED) is 0.607. The van der Waals surface area contributed by atoms with Crippen LogP contribution in [0.5, 0.6) is 5.75 Å². The number of benzene rings is 1. The molecular weight excluding hydrogens is 208 g/mol. The van der Waals surface area contributed by atoms with Crippen molar-refractivity contribution in [2.45, 2.75) is 59.3 Å². The van der Waals surface area contributed by atoms with E-state index in [2.05, 4.69) is 45.9 Å². The molecule has 0 fully saturated rings. The van der Waals surface area contributed by atoms with Gasteiger partial charge in [0.2, 0.25) is 0 Å². The van der Waals surface area contributed by atoms with E-state index in [1.807, 2.05) is 0 Å². The molecule has 0 bridgehead atoms. The Bertz CT molecular complexity index is 328. The molecule has 1 rings (SSSR count). The van der Waals surface area contributed by atoms with Crippen LogP contribution in [-0.2, 0) is 6.42 Å². The Morgan fingerprint density at radius 2 is 1.82 bits per heavy atom. The minimum Gasteiger partial charge on any atom is -0.494 e. The topological polar surface area (TPSA) is 9.23 Å². The summed E-state index contributed by atoms with van der Waals surface area (Å²) in [5.74, 6) is 1.62. The summed E-state index contributed by atoms with van der Waals surface area (Å²) in [4.78, 5) is 0. The van der Waals surface area contributed by atoms with Crippen LogP contribution in [0.1, 0.15) is 64.0 Å². The van der Waals surface area contributed by atoms with E-state index < -0.39 is 0 Å². The molecule has 0 amide bonds. The van der Waals surface area contributed by atoms with E-state index in [0.29, 0.717) is 5.92 Å². The lowest BCUT2D eigenvalue weighted by molar-refractivity contribution is 0.308. The van der Waals surface area contributed by atoms with E-state index in [0.717, 1.165) is 25.2 Å². The molecule has 0 spiro atoms. The minimum atomic E-state index is 0.570. The second-order valence-electron chi connectivity index (χ2n) is 5.02. The maximum atomic E-state index is 5.82. The fraction of sp³-hybridized carbons (Fsp3) is 0.625. The molecule has 0 aliphatic rings. The van der Waals surface area contributed by atoms with Gasteiger partial charge in [0.15, 0.2) is 0 Å². The van der Waals surface area contributed by atoms with Crippen molar-refractivity contribution in [3.05, 3.63) is 29.3 Å². The molecule has 0 radical (unpaired) electrons. The van der Waals surface area contributed by atoms with Gasteiger partial charge in [0.05, 0.1) is 6.61 Å². The van der Waals surface area contributed by atoms with Crippen molar-refractivity contribution in [1.29, 1.82) is 0 Å². The smallest absolute Gasteiger partial charge is 0.119 e. The molecule has 0 saturated carbocycles. The average molecular weight is 234 g/mol. The monoisotopic (exact) mass is 234 g/mol. The molecule has 0 N–H and O–H groups in total. The van der Waals surface area contributed by atoms with Gasteiger partial charge in [-0.2, -0.15) is 0 Å². The summed E-state index contributed by atoms with van der Waals surface area (Å²) in [7, 11) is 0. The van der Waals surface area contributed by atoms with Gasteiger partial charge in [-0.1, -0.05) is 46.6 Å². The predicted molar refractivity (Wildman–Crippen MR) is 74.9 cm³/mol. The number of hydrogen-bond acceptors (Lipinski definition) is 1. The lowest BCUT2D eigenvalue weighted by Crippen LogP contribution is -1.99. The number of unbranched alkanes of at least 4 members (excludes halogenated alkanes) is 1. The van der Waals surface area contributed by atoms with Crippen LogP contribution in [0.25, 0.3) is 0 Å². The van der Waals surface area contributed by atoms with Crippen LogP contribution in [0.15, 0.2) is 18.2 Å². The molecule has 1 heteroatoms. The van der Waals surface area contributed by atoms with Crippen molar-refractivity contribution < 1.29 is 4.74 Å². The molecule has 96 valence electrons. The van der Waals surface area contributed by atoms with Crippen molar-refractivity contribution >= 4 is 0 Å². The van der Waals surface area contributed by atoms with Crippen molar-refractivity contribution in [2.24, 2.45) is 0 Å². The Hall–Kier alpha value is -0.980. The highest BCUT2D eigenvalue weighted by atomic mass is 16.5. The van der Waals surface area contributed by atoms with Gasteiger partial charge in [-0.3, -0.25) is 0 Å². The highest BCUT2D eigenvalue weighted by Gasteiger charge is 2.05. The van der Waals surface area contributed by atoms with E-state index in [1.54, 1.807) is 0 Å². The van der Waals surface area contributed by atoms with E-state index in [4.69, 9.17) is 4.74 Å². The molecule has 0 aromatic heterocycles. The van der Waals surface area contributed by atoms with E-state index in [9.17, 15) is 0 Å². The molecule has 1 aromatic carbocycles. The van der Waals surface area contributed by atoms with Gasteiger partial charge in [-0.25, -0.2) is 0 Å². The summed E-state index contributed by atoms with van der Waals surface area (Å²) in [6.45, 7) is 9.72. The second kappa shape index (κ2) is 7.37. The first kappa shape index (κ1) is 14.1. The van der Waals surface area contributed by atoms with Crippen LogP contribution in [0.4, 0.5) is 0 Å². The fourth-order valence-corrected chi connectivity index (χ4v) is 1.87. The molecule has 0 atom stereocenters. The summed E-state index contributed by atoms with van der Waals surface area (Å²) in [5.41, 5.74) is 2.80. The molecule has 1 nitrogen and oxygen atoms in total. The lowest BCUT2D eigenvalue weighted by atomic mass is 9.98. The molecule has 0 saturated heterocycles. The largest absolute Gasteiger partial charge is 0.494 e. The van der Waals surface area contributed by atoms with E-state index >= 15 is 0 Å². The lowest BCUT2D eigenvalue weighted by Gasteiger charge is -2.13. The van der Waals surface area contributed by atoms with Crippen LogP contribution in [0.2, 0.25) is 0 Å².